The second-order valence-electron chi connectivity index (χ2n) is 6.48. The van der Waals surface area contributed by atoms with E-state index in [1.807, 2.05) is 23.5 Å². The number of aromatic nitrogens is 2. The van der Waals surface area contributed by atoms with Crippen LogP contribution in [0.2, 0.25) is 0 Å². The summed E-state index contributed by atoms with van der Waals surface area (Å²) in [6.07, 6.45) is 7.43. The Labute approximate surface area is 169 Å². The molecule has 27 heavy (non-hydrogen) atoms. The number of nitrogens with one attached hydrogen (secondary N) is 1. The van der Waals surface area contributed by atoms with Gasteiger partial charge in [0.1, 0.15) is 17.0 Å². The third-order valence-corrected chi connectivity index (χ3v) is 6.11. The predicted octanol–water partition coefficient (Wildman–Crippen LogP) is 1.25. The molecule has 0 saturated heterocycles. The molecule has 1 aliphatic carbocycles. The van der Waals surface area contributed by atoms with Gasteiger partial charge in [-0.3, -0.25) is 0 Å². The number of methoxy groups -OCH3 is 2. The minimum absolute atomic E-state index is 0. The highest BCUT2D eigenvalue weighted by atomic mass is 35.5. The zero-order valence-corrected chi connectivity index (χ0v) is 17.1. The Hall–Kier alpha value is -2.05. The van der Waals surface area contributed by atoms with Gasteiger partial charge in [-0.05, 0) is 55.4 Å². The van der Waals surface area contributed by atoms with Crippen molar-refractivity contribution in [2.24, 2.45) is 0 Å². The summed E-state index contributed by atoms with van der Waals surface area (Å²) in [6.45, 7) is 0.812. The zero-order valence-electron chi connectivity index (χ0n) is 15.5. The van der Waals surface area contributed by atoms with Gasteiger partial charge in [0.15, 0.2) is 11.5 Å². The number of thiophene rings is 1. The van der Waals surface area contributed by atoms with Crippen molar-refractivity contribution in [1.82, 2.24) is 9.97 Å². The lowest BCUT2D eigenvalue weighted by Gasteiger charge is -2.13. The number of rotatable bonds is 6. The highest BCUT2D eigenvalue weighted by molar-refractivity contribution is 7.19. The summed E-state index contributed by atoms with van der Waals surface area (Å²) in [4.78, 5) is 11.6. The first-order valence-corrected chi connectivity index (χ1v) is 9.82. The largest absolute Gasteiger partial charge is 1.00 e. The van der Waals surface area contributed by atoms with Crippen LogP contribution >= 0.6 is 11.3 Å². The summed E-state index contributed by atoms with van der Waals surface area (Å²) in [6, 6.07) is 6.06. The number of ether oxygens (including phenoxy) is 2. The van der Waals surface area contributed by atoms with E-state index in [9.17, 15) is 0 Å². The third-order valence-electron chi connectivity index (χ3n) is 4.91. The maximum atomic E-state index is 5.39. The molecule has 0 saturated carbocycles. The Morgan fingerprint density at radius 3 is 2.70 bits per heavy atom. The molecule has 0 atom stereocenters. The van der Waals surface area contributed by atoms with Gasteiger partial charge in [-0.2, -0.15) is 0 Å². The molecule has 0 radical (unpaired) electrons. The molecule has 1 aromatic carbocycles. The molecule has 5 nitrogen and oxygen atoms in total. The number of aryl methyl sites for hydroxylation is 2. The monoisotopic (exact) mass is 404 g/mol. The first-order chi connectivity index (χ1) is 12.8. The Morgan fingerprint density at radius 2 is 1.89 bits per heavy atom. The van der Waals surface area contributed by atoms with Gasteiger partial charge in [0, 0.05) is 11.4 Å². The number of nitrogens with zero attached hydrogens (tertiary/aromatic N) is 2. The van der Waals surface area contributed by atoms with Crippen LogP contribution in [0, 0.1) is 0 Å². The molecule has 1 aliphatic rings. The molecule has 0 fully saturated rings. The van der Waals surface area contributed by atoms with E-state index < -0.39 is 0 Å². The quantitative estimate of drug-likeness (QED) is 0.670. The van der Waals surface area contributed by atoms with Crippen LogP contribution in [0.5, 0.6) is 11.5 Å². The topological polar surface area (TPSA) is 56.3 Å². The molecule has 144 valence electrons. The fraction of sp³-hybridized carbons (Fsp3) is 0.400. The van der Waals surface area contributed by atoms with Crippen LogP contribution in [-0.4, -0.2) is 30.7 Å². The minimum atomic E-state index is 0. The molecule has 7 heteroatoms. The van der Waals surface area contributed by atoms with Gasteiger partial charge in [0.2, 0.25) is 0 Å². The van der Waals surface area contributed by atoms with Crippen molar-refractivity contribution < 1.29 is 21.9 Å². The van der Waals surface area contributed by atoms with Crippen molar-refractivity contribution in [2.45, 2.75) is 32.1 Å². The van der Waals surface area contributed by atoms with Crippen molar-refractivity contribution in [3.63, 3.8) is 0 Å². The summed E-state index contributed by atoms with van der Waals surface area (Å²) >= 11 is 1.83. The van der Waals surface area contributed by atoms with Crippen molar-refractivity contribution in [3.8, 4) is 11.5 Å². The molecule has 0 unspecified atom stereocenters. The van der Waals surface area contributed by atoms with Gasteiger partial charge in [-0.15, -0.1) is 11.3 Å². The molecule has 2 heterocycles. The third kappa shape index (κ3) is 3.96. The van der Waals surface area contributed by atoms with Crippen molar-refractivity contribution in [2.75, 3.05) is 26.1 Å². The van der Waals surface area contributed by atoms with Crippen LogP contribution in [0.15, 0.2) is 24.5 Å². The highest BCUT2D eigenvalue weighted by Crippen LogP contribution is 2.38. The van der Waals surface area contributed by atoms with Crippen molar-refractivity contribution in [3.05, 3.63) is 40.5 Å². The standard InChI is InChI=1S/C20H23N3O2S.ClH/c1-24-15-8-7-13(11-16(15)25-2)9-10-21-19-18-14-5-3-4-6-17(14)26-20(18)23-12-22-19;/h7-8,11-12H,3-6,9-10H2,1-2H3,(H,21,22,23);1H/p-1. The highest BCUT2D eigenvalue weighted by Gasteiger charge is 2.19. The Bertz CT molecular complexity index is 929. The minimum Gasteiger partial charge on any atom is -1.00 e. The van der Waals surface area contributed by atoms with Crippen molar-refractivity contribution in [1.29, 1.82) is 0 Å². The average Bonchev–Trinajstić information content (AvgIpc) is 3.07. The van der Waals surface area contributed by atoms with Crippen LogP contribution in [0.1, 0.15) is 28.8 Å². The van der Waals surface area contributed by atoms with Crippen LogP contribution in [-0.2, 0) is 19.3 Å². The Morgan fingerprint density at radius 1 is 1.07 bits per heavy atom. The van der Waals surface area contributed by atoms with Crippen LogP contribution in [0.25, 0.3) is 10.2 Å². The van der Waals surface area contributed by atoms with Gasteiger partial charge < -0.3 is 27.2 Å². The number of hydrogen-bond acceptors (Lipinski definition) is 6. The molecule has 0 spiro atoms. The summed E-state index contributed by atoms with van der Waals surface area (Å²) in [7, 11) is 3.32. The lowest BCUT2D eigenvalue weighted by atomic mass is 9.97. The Balaban J connectivity index is 0.00000210. The molecule has 0 amide bonds. The maximum absolute atomic E-state index is 5.39. The van der Waals surface area contributed by atoms with E-state index in [-0.39, 0.29) is 12.4 Å². The van der Waals surface area contributed by atoms with E-state index in [1.54, 1.807) is 20.5 Å². The number of anilines is 1. The molecule has 2 aromatic heterocycles. The summed E-state index contributed by atoms with van der Waals surface area (Å²) in [5.41, 5.74) is 2.67. The second-order valence-corrected chi connectivity index (χ2v) is 7.56. The molecular formula is C20H23ClN3O2S-. The smallest absolute Gasteiger partial charge is 0.160 e. The molecule has 1 N–H and O–H groups in total. The normalized spacial score (nSPS) is 13.0. The fourth-order valence-electron chi connectivity index (χ4n) is 3.59. The molecule has 4 rings (SSSR count). The molecule has 0 bridgehead atoms. The van der Waals surface area contributed by atoms with Crippen molar-refractivity contribution >= 4 is 27.4 Å². The Kier molecular flexibility index (Phi) is 6.39. The van der Waals surface area contributed by atoms with E-state index in [4.69, 9.17) is 9.47 Å². The van der Waals surface area contributed by atoms with Crippen LogP contribution < -0.4 is 27.2 Å². The predicted molar refractivity (Wildman–Crippen MR) is 106 cm³/mol. The number of benzene rings is 1. The lowest BCUT2D eigenvalue weighted by molar-refractivity contribution is -0.00000580. The summed E-state index contributed by atoms with van der Waals surface area (Å²) in [5, 5.41) is 4.76. The molecule has 3 aromatic rings. The van der Waals surface area contributed by atoms with Gasteiger partial charge in [-0.25, -0.2) is 9.97 Å². The number of halogens is 1. The number of hydrogen-bond donors (Lipinski definition) is 1. The first-order valence-electron chi connectivity index (χ1n) is 9.00. The molecule has 0 aliphatic heterocycles. The van der Waals surface area contributed by atoms with E-state index in [2.05, 4.69) is 21.4 Å². The summed E-state index contributed by atoms with van der Waals surface area (Å²) in [5.74, 6) is 2.49. The number of fused-ring (bicyclic) bond motifs is 3. The van der Waals surface area contributed by atoms with Gasteiger partial charge >= 0.3 is 0 Å². The van der Waals surface area contributed by atoms with E-state index in [0.717, 1.165) is 41.5 Å². The van der Waals surface area contributed by atoms with Crippen LogP contribution in [0.3, 0.4) is 0 Å². The van der Waals surface area contributed by atoms with Crippen LogP contribution in [0.4, 0.5) is 5.82 Å². The van der Waals surface area contributed by atoms with E-state index in [1.165, 1.54) is 40.7 Å². The lowest BCUT2D eigenvalue weighted by Crippen LogP contribution is -3.00. The molecular weight excluding hydrogens is 382 g/mol. The van der Waals surface area contributed by atoms with E-state index in [0.29, 0.717) is 0 Å². The van der Waals surface area contributed by atoms with Gasteiger partial charge in [0.25, 0.3) is 0 Å². The van der Waals surface area contributed by atoms with Gasteiger partial charge in [0.05, 0.1) is 19.6 Å². The second kappa shape index (κ2) is 8.76. The maximum Gasteiger partial charge on any atom is 0.160 e. The first kappa shape index (κ1) is 19.7. The SMILES string of the molecule is COc1ccc(CCNc2ncnc3sc4c(c23)CCCC4)cc1OC.[Cl-]. The fourth-order valence-corrected chi connectivity index (χ4v) is 4.81. The van der Waals surface area contributed by atoms with E-state index >= 15 is 0 Å². The zero-order chi connectivity index (χ0) is 17.9. The average molecular weight is 405 g/mol. The van der Waals surface area contributed by atoms with Gasteiger partial charge in [-0.1, -0.05) is 6.07 Å². The summed E-state index contributed by atoms with van der Waals surface area (Å²) < 4.78 is 10.7.